The minimum absolute atomic E-state index is 0.0296. The number of morpholine rings is 1. The number of ether oxygens (including phenoxy) is 1. The number of aliphatic carboxylic acids is 1. The highest BCUT2D eigenvalue weighted by Gasteiger charge is 2.26. The third-order valence-corrected chi connectivity index (χ3v) is 4.61. The summed E-state index contributed by atoms with van der Waals surface area (Å²) in [5.74, 6) is -0.562. The van der Waals surface area contributed by atoms with Gasteiger partial charge in [0.25, 0.3) is 0 Å². The lowest BCUT2D eigenvalue weighted by Gasteiger charge is -2.35. The molecule has 6 nitrogen and oxygen atoms in total. The second-order valence-electron chi connectivity index (χ2n) is 6.88. The van der Waals surface area contributed by atoms with Gasteiger partial charge in [0, 0.05) is 26.1 Å². The topological polar surface area (TPSA) is 70.1 Å². The molecule has 2 rings (SSSR count). The van der Waals surface area contributed by atoms with Crippen LogP contribution in [-0.4, -0.2) is 72.7 Å². The van der Waals surface area contributed by atoms with Gasteiger partial charge >= 0.3 is 5.97 Å². The first-order chi connectivity index (χ1) is 11.9. The number of hydrogen-bond donors (Lipinski definition) is 1. The van der Waals surface area contributed by atoms with E-state index in [0.717, 1.165) is 0 Å². The molecule has 6 heteroatoms. The smallest absolute Gasteiger partial charge is 0.317 e. The van der Waals surface area contributed by atoms with Crippen molar-refractivity contribution in [3.05, 3.63) is 35.4 Å². The number of benzene rings is 1. The molecule has 1 aromatic rings. The van der Waals surface area contributed by atoms with Gasteiger partial charge in [-0.25, -0.2) is 0 Å². The summed E-state index contributed by atoms with van der Waals surface area (Å²) in [6.45, 7) is 6.23. The first-order valence-corrected chi connectivity index (χ1v) is 8.72. The van der Waals surface area contributed by atoms with E-state index in [-0.39, 0.29) is 24.5 Å². The van der Waals surface area contributed by atoms with Gasteiger partial charge in [-0.2, -0.15) is 0 Å². The van der Waals surface area contributed by atoms with Crippen molar-refractivity contribution in [2.24, 2.45) is 0 Å². The van der Waals surface area contributed by atoms with Gasteiger partial charge in [-0.3, -0.25) is 14.5 Å². The molecule has 1 saturated heterocycles. The Labute approximate surface area is 149 Å². The Morgan fingerprint density at radius 1 is 1.40 bits per heavy atom. The summed E-state index contributed by atoms with van der Waals surface area (Å²) in [4.78, 5) is 27.0. The van der Waals surface area contributed by atoms with Crippen molar-refractivity contribution in [1.82, 2.24) is 9.80 Å². The van der Waals surface area contributed by atoms with Crippen molar-refractivity contribution in [3.63, 3.8) is 0 Å². The normalized spacial score (nSPS) is 19.0. The summed E-state index contributed by atoms with van der Waals surface area (Å²) < 4.78 is 5.69. The molecule has 0 aliphatic carbocycles. The van der Waals surface area contributed by atoms with Crippen LogP contribution < -0.4 is 0 Å². The Morgan fingerprint density at radius 3 is 2.80 bits per heavy atom. The fourth-order valence-corrected chi connectivity index (χ4v) is 3.34. The molecule has 1 aliphatic heterocycles. The average Bonchev–Trinajstić information content (AvgIpc) is 2.54. The second kappa shape index (κ2) is 8.97. The number of carbonyl (C=O) groups excluding carboxylic acids is 1. The largest absolute Gasteiger partial charge is 0.480 e. The molecule has 1 aromatic carbocycles. The Hall–Kier alpha value is -1.92. The highest BCUT2D eigenvalue weighted by Crippen LogP contribution is 2.23. The van der Waals surface area contributed by atoms with E-state index in [9.17, 15) is 9.59 Å². The quantitative estimate of drug-likeness (QED) is 0.813. The van der Waals surface area contributed by atoms with E-state index >= 15 is 0 Å². The van der Waals surface area contributed by atoms with Crippen LogP contribution in [0.4, 0.5) is 0 Å². The maximum absolute atomic E-state index is 12.7. The molecule has 1 N–H and O–H groups in total. The molecule has 0 saturated carbocycles. The lowest BCUT2D eigenvalue weighted by atomic mass is 9.93. The van der Waals surface area contributed by atoms with E-state index in [1.807, 2.05) is 17.0 Å². The van der Waals surface area contributed by atoms with Crippen LogP contribution in [0.3, 0.4) is 0 Å². The number of aryl methyl sites for hydroxylation is 1. The third kappa shape index (κ3) is 5.83. The fraction of sp³-hybridized carbons (Fsp3) is 0.579. The van der Waals surface area contributed by atoms with Crippen LogP contribution in [0.5, 0.6) is 0 Å². The number of likely N-dealkylation sites (N-methyl/N-ethyl adjacent to an activating group) is 1. The van der Waals surface area contributed by atoms with Crippen LogP contribution in [0.25, 0.3) is 0 Å². The standard InChI is InChI=1S/C19H28N2O4/c1-14-6-4-5-7-17(14)15(2)10-18(22)21-8-9-25-16(12-21)11-20(3)13-19(23)24/h4-7,15-16H,8-13H2,1-3H3,(H,23,24). The van der Waals surface area contributed by atoms with Gasteiger partial charge in [-0.05, 0) is 31.0 Å². The van der Waals surface area contributed by atoms with Crippen LogP contribution in [0.1, 0.15) is 30.4 Å². The van der Waals surface area contributed by atoms with E-state index in [1.165, 1.54) is 11.1 Å². The third-order valence-electron chi connectivity index (χ3n) is 4.61. The average molecular weight is 348 g/mol. The first kappa shape index (κ1) is 19.4. The van der Waals surface area contributed by atoms with Gasteiger partial charge in [0.2, 0.25) is 5.91 Å². The molecule has 25 heavy (non-hydrogen) atoms. The number of carboxylic acid groups (broad SMARTS) is 1. The molecule has 138 valence electrons. The van der Waals surface area contributed by atoms with Gasteiger partial charge in [0.1, 0.15) is 0 Å². The number of nitrogens with zero attached hydrogens (tertiary/aromatic N) is 2. The second-order valence-corrected chi connectivity index (χ2v) is 6.88. The van der Waals surface area contributed by atoms with Crippen LogP contribution >= 0.6 is 0 Å². The molecule has 2 atom stereocenters. The fourth-order valence-electron chi connectivity index (χ4n) is 3.34. The molecule has 1 heterocycles. The molecule has 0 spiro atoms. The predicted octanol–water partition coefficient (Wildman–Crippen LogP) is 1.73. The number of hydrogen-bond acceptors (Lipinski definition) is 4. The lowest BCUT2D eigenvalue weighted by molar-refractivity contribution is -0.142. The molecular weight excluding hydrogens is 320 g/mol. The highest BCUT2D eigenvalue weighted by molar-refractivity contribution is 5.77. The molecule has 2 unspecified atom stereocenters. The molecule has 1 amide bonds. The number of amides is 1. The summed E-state index contributed by atoms with van der Waals surface area (Å²) in [7, 11) is 1.75. The summed E-state index contributed by atoms with van der Waals surface area (Å²) in [6, 6.07) is 8.16. The Balaban J connectivity index is 1.88. The zero-order chi connectivity index (χ0) is 18.4. The van der Waals surface area contributed by atoms with Gasteiger partial charge in [-0.15, -0.1) is 0 Å². The summed E-state index contributed by atoms with van der Waals surface area (Å²) >= 11 is 0. The molecule has 1 fully saturated rings. The SMILES string of the molecule is Cc1ccccc1C(C)CC(=O)N1CCOC(CN(C)CC(=O)O)C1. The Bertz CT molecular complexity index is 605. The van der Waals surface area contributed by atoms with Crippen molar-refractivity contribution in [2.45, 2.75) is 32.3 Å². The maximum Gasteiger partial charge on any atom is 0.317 e. The summed E-state index contributed by atoms with van der Waals surface area (Å²) in [6.07, 6.45) is 0.332. The minimum atomic E-state index is -0.863. The van der Waals surface area contributed by atoms with Crippen LogP contribution in [0.15, 0.2) is 24.3 Å². The van der Waals surface area contributed by atoms with E-state index < -0.39 is 5.97 Å². The highest BCUT2D eigenvalue weighted by atomic mass is 16.5. The number of rotatable bonds is 7. The van der Waals surface area contributed by atoms with Crippen molar-refractivity contribution in [1.29, 1.82) is 0 Å². The molecule has 0 aromatic heterocycles. The van der Waals surface area contributed by atoms with Crippen LogP contribution in [0.2, 0.25) is 0 Å². The summed E-state index contributed by atoms with van der Waals surface area (Å²) in [5, 5.41) is 8.84. The lowest BCUT2D eigenvalue weighted by Crippen LogP contribution is -2.49. The van der Waals surface area contributed by atoms with Crippen molar-refractivity contribution < 1.29 is 19.4 Å². The first-order valence-electron chi connectivity index (χ1n) is 8.72. The monoisotopic (exact) mass is 348 g/mol. The van der Waals surface area contributed by atoms with Crippen molar-refractivity contribution in [2.75, 3.05) is 39.8 Å². The number of carbonyl (C=O) groups is 2. The van der Waals surface area contributed by atoms with E-state index in [1.54, 1.807) is 11.9 Å². The maximum atomic E-state index is 12.7. The zero-order valence-corrected chi connectivity index (χ0v) is 15.3. The Morgan fingerprint density at radius 2 is 2.12 bits per heavy atom. The number of carboxylic acids is 1. The predicted molar refractivity (Wildman–Crippen MR) is 95.7 cm³/mol. The van der Waals surface area contributed by atoms with Crippen LogP contribution in [-0.2, 0) is 14.3 Å². The molecule has 1 aliphatic rings. The van der Waals surface area contributed by atoms with E-state index in [4.69, 9.17) is 9.84 Å². The zero-order valence-electron chi connectivity index (χ0n) is 15.3. The van der Waals surface area contributed by atoms with Crippen molar-refractivity contribution >= 4 is 11.9 Å². The van der Waals surface area contributed by atoms with E-state index in [0.29, 0.717) is 32.7 Å². The van der Waals surface area contributed by atoms with Gasteiger partial charge in [-0.1, -0.05) is 31.2 Å². The van der Waals surface area contributed by atoms with Gasteiger partial charge < -0.3 is 14.7 Å². The van der Waals surface area contributed by atoms with Crippen LogP contribution in [0, 0.1) is 6.92 Å². The molecule has 0 radical (unpaired) electrons. The summed E-state index contributed by atoms with van der Waals surface area (Å²) in [5.41, 5.74) is 2.42. The molecule has 0 bridgehead atoms. The van der Waals surface area contributed by atoms with Gasteiger partial charge in [0.05, 0.1) is 19.3 Å². The minimum Gasteiger partial charge on any atom is -0.480 e. The van der Waals surface area contributed by atoms with E-state index in [2.05, 4.69) is 26.0 Å². The Kier molecular flexibility index (Phi) is 6.96. The van der Waals surface area contributed by atoms with Gasteiger partial charge in [0.15, 0.2) is 0 Å². The van der Waals surface area contributed by atoms with Crippen molar-refractivity contribution in [3.8, 4) is 0 Å². The molecular formula is C19H28N2O4.